The molecule has 2 rings (SSSR count). The Kier molecular flexibility index (Phi) is 3.87. The molecule has 0 radical (unpaired) electrons. The molecule has 18 heavy (non-hydrogen) atoms. The highest BCUT2D eigenvalue weighted by Gasteiger charge is 2.26. The van der Waals surface area contributed by atoms with E-state index < -0.39 is 18.2 Å². The summed E-state index contributed by atoms with van der Waals surface area (Å²) in [5.74, 6) is 0. The van der Waals surface area contributed by atoms with Gasteiger partial charge in [0.05, 0.1) is 4.62 Å². The number of hydrogen-bond acceptors (Lipinski definition) is 3. The third kappa shape index (κ3) is 2.64. The summed E-state index contributed by atoms with van der Waals surface area (Å²) in [6.07, 6.45) is 1.55. The zero-order valence-corrected chi connectivity index (χ0v) is 12.5. The molecule has 3 nitrogen and oxygen atoms in total. The molecule has 0 aliphatic carbocycles. The van der Waals surface area contributed by atoms with Gasteiger partial charge in [0.25, 0.3) is 7.37 Å². The minimum Gasteiger partial charge on any atom is -0.337 e. The van der Waals surface area contributed by atoms with E-state index in [9.17, 15) is 13.7 Å². The summed E-state index contributed by atoms with van der Waals surface area (Å²) in [5.41, 5.74) is 0.972. The average Bonchev–Trinajstić information content (AvgIpc) is 2.77. The van der Waals surface area contributed by atoms with Crippen LogP contribution in [0.25, 0.3) is 0 Å². The van der Waals surface area contributed by atoms with Crippen molar-refractivity contribution >= 4 is 39.4 Å². The molecule has 0 amide bonds. The van der Waals surface area contributed by atoms with Gasteiger partial charge in [-0.15, -0.1) is 11.3 Å². The normalized spacial score (nSPS) is 16.2. The molecule has 2 atom stereocenters. The average molecular weight is 300 g/mol. The fourth-order valence-electron chi connectivity index (χ4n) is 1.55. The maximum Gasteiger partial charge on any atom is 0.268 e. The summed E-state index contributed by atoms with van der Waals surface area (Å²) < 4.78 is 24.3. The van der Waals surface area contributed by atoms with Crippen molar-refractivity contribution in [1.82, 2.24) is 0 Å². The fraction of sp³-hybridized carbons (Fsp3) is 0.167. The van der Waals surface area contributed by atoms with Gasteiger partial charge in [-0.2, -0.15) is 0 Å². The Morgan fingerprint density at radius 2 is 2.06 bits per heavy atom. The molecule has 1 aromatic heterocycles. The van der Waals surface area contributed by atoms with Crippen LogP contribution >= 0.6 is 18.7 Å². The monoisotopic (exact) mass is 300 g/mol. The van der Waals surface area contributed by atoms with Crippen molar-refractivity contribution in [2.24, 2.45) is 0 Å². The van der Waals surface area contributed by atoms with E-state index in [2.05, 4.69) is 0 Å². The van der Waals surface area contributed by atoms with E-state index in [1.165, 1.54) is 11.3 Å². The Morgan fingerprint density at radius 3 is 2.61 bits per heavy atom. The van der Waals surface area contributed by atoms with Crippen LogP contribution in [0.2, 0.25) is 0 Å². The topological polar surface area (TPSA) is 54.4 Å². The van der Waals surface area contributed by atoms with Gasteiger partial charge in [-0.25, -0.2) is 0 Å². The van der Waals surface area contributed by atoms with Crippen molar-refractivity contribution < 1.29 is 13.7 Å². The van der Waals surface area contributed by atoms with E-state index in [-0.39, 0.29) is 0 Å². The Bertz CT molecular complexity index is 648. The lowest BCUT2D eigenvalue weighted by atomic mass is 10.4. The zero-order valence-electron chi connectivity index (χ0n) is 9.99. The highest BCUT2D eigenvalue weighted by molar-refractivity contribution is 7.84. The van der Waals surface area contributed by atoms with E-state index in [1.54, 1.807) is 36.6 Å². The summed E-state index contributed by atoms with van der Waals surface area (Å²) in [6.45, 7) is 1.89. The predicted molar refractivity (Wildman–Crippen MR) is 76.9 cm³/mol. The van der Waals surface area contributed by atoms with Crippen molar-refractivity contribution in [2.45, 2.75) is 11.8 Å². The van der Waals surface area contributed by atoms with Gasteiger partial charge in [0.15, 0.2) is 0 Å². The molecule has 1 heterocycles. The molecule has 0 aliphatic rings. The molecule has 1 N–H and O–H groups in total. The van der Waals surface area contributed by atoms with Gasteiger partial charge in [0.1, 0.15) is 0 Å². The molecule has 0 saturated carbocycles. The highest BCUT2D eigenvalue weighted by atomic mass is 32.2. The largest absolute Gasteiger partial charge is 0.337 e. The Labute approximate surface area is 112 Å². The summed E-state index contributed by atoms with van der Waals surface area (Å²) in [5, 5.41) is 2.18. The Morgan fingerprint density at radius 1 is 1.33 bits per heavy atom. The van der Waals surface area contributed by atoms with Gasteiger partial charge in [0, 0.05) is 27.3 Å². The maximum absolute atomic E-state index is 12.5. The lowest BCUT2D eigenvalue weighted by molar-refractivity contribution is 0.501. The summed E-state index contributed by atoms with van der Waals surface area (Å²) in [7, 11) is -4.71. The van der Waals surface area contributed by atoms with Crippen LogP contribution < -0.4 is 9.92 Å². The Hall–Kier alpha value is -0.740. The van der Waals surface area contributed by atoms with Crippen LogP contribution in [0.15, 0.2) is 40.6 Å². The first-order valence-electron chi connectivity index (χ1n) is 5.24. The molecule has 0 bridgehead atoms. The van der Waals surface area contributed by atoms with Crippen LogP contribution in [0.4, 0.5) is 0 Å². The maximum atomic E-state index is 12.5. The molecule has 2 unspecified atom stereocenters. The van der Waals surface area contributed by atoms with E-state index >= 15 is 0 Å². The van der Waals surface area contributed by atoms with Crippen molar-refractivity contribution in [3.05, 3.63) is 41.3 Å². The molecule has 0 spiro atoms. The second-order valence-corrected chi connectivity index (χ2v) is 8.73. The standard InChI is InChI=1S/C12H13O3PS2/c1-9-6-12(17-8-9)16(13,14)10-4-3-5-11(7-10)18(2)15/h3-8H,1-2H3,(H,13,14). The SMILES string of the molecule is Cc1csc(P(=O)(O)c2cccc(S(C)=O)c2)c1. The van der Waals surface area contributed by atoms with E-state index in [1.807, 2.05) is 12.3 Å². The van der Waals surface area contributed by atoms with Gasteiger partial charge in [-0.3, -0.25) is 8.77 Å². The van der Waals surface area contributed by atoms with Crippen LogP contribution in [-0.2, 0) is 15.4 Å². The van der Waals surface area contributed by atoms with Crippen LogP contribution in [0, 0.1) is 6.92 Å². The summed E-state index contributed by atoms with van der Waals surface area (Å²) >= 11 is 1.28. The third-order valence-electron chi connectivity index (χ3n) is 2.51. The summed E-state index contributed by atoms with van der Waals surface area (Å²) in [4.78, 5) is 10.8. The van der Waals surface area contributed by atoms with Crippen molar-refractivity contribution in [1.29, 1.82) is 0 Å². The number of benzene rings is 1. The molecule has 96 valence electrons. The van der Waals surface area contributed by atoms with Crippen LogP contribution in [0.3, 0.4) is 0 Å². The molecular formula is C12H13O3PS2. The molecular weight excluding hydrogens is 287 g/mol. The number of rotatable bonds is 3. The van der Waals surface area contributed by atoms with Crippen LogP contribution in [0.1, 0.15) is 5.56 Å². The molecule has 0 fully saturated rings. The van der Waals surface area contributed by atoms with Gasteiger partial charge < -0.3 is 4.89 Å². The van der Waals surface area contributed by atoms with Gasteiger partial charge in [-0.05, 0) is 42.1 Å². The second-order valence-electron chi connectivity index (χ2n) is 3.99. The van der Waals surface area contributed by atoms with Gasteiger partial charge in [-0.1, -0.05) is 6.07 Å². The number of hydrogen-bond donors (Lipinski definition) is 1. The lowest BCUT2D eigenvalue weighted by Gasteiger charge is -2.10. The fourth-order valence-corrected chi connectivity index (χ4v) is 5.11. The first-order chi connectivity index (χ1) is 8.41. The van der Waals surface area contributed by atoms with Gasteiger partial charge in [0.2, 0.25) is 0 Å². The van der Waals surface area contributed by atoms with Crippen molar-refractivity contribution in [3.8, 4) is 0 Å². The van der Waals surface area contributed by atoms with Gasteiger partial charge >= 0.3 is 0 Å². The highest BCUT2D eigenvalue weighted by Crippen LogP contribution is 2.40. The zero-order chi connectivity index (χ0) is 13.3. The van der Waals surface area contributed by atoms with E-state index in [0.717, 1.165) is 5.56 Å². The van der Waals surface area contributed by atoms with Crippen LogP contribution in [0.5, 0.6) is 0 Å². The van der Waals surface area contributed by atoms with E-state index in [4.69, 9.17) is 0 Å². The molecule has 1 aromatic carbocycles. The van der Waals surface area contributed by atoms with E-state index in [0.29, 0.717) is 14.8 Å². The quantitative estimate of drug-likeness (QED) is 0.882. The predicted octanol–water partition coefficient (Wildman–Crippen LogP) is 2.02. The molecule has 0 saturated heterocycles. The second kappa shape index (κ2) is 5.10. The van der Waals surface area contributed by atoms with Crippen LogP contribution in [-0.4, -0.2) is 15.4 Å². The molecule has 6 heteroatoms. The number of thiophene rings is 1. The lowest BCUT2D eigenvalue weighted by Crippen LogP contribution is -2.13. The third-order valence-corrected chi connectivity index (χ3v) is 7.05. The summed E-state index contributed by atoms with van der Waals surface area (Å²) in [6, 6.07) is 8.23. The number of aryl methyl sites for hydroxylation is 1. The molecule has 2 aromatic rings. The van der Waals surface area contributed by atoms with Crippen molar-refractivity contribution in [2.75, 3.05) is 6.26 Å². The minimum absolute atomic E-state index is 0.331. The van der Waals surface area contributed by atoms with Crippen molar-refractivity contribution in [3.63, 3.8) is 0 Å². The molecule has 0 aliphatic heterocycles. The first-order valence-corrected chi connectivity index (χ1v) is 9.33. The Balaban J connectivity index is 2.50. The first kappa shape index (κ1) is 13.7. The smallest absolute Gasteiger partial charge is 0.268 e. The minimum atomic E-state index is -3.56.